The molecule has 0 spiro atoms. The van der Waals surface area contributed by atoms with Gasteiger partial charge in [0.2, 0.25) is 5.91 Å². The largest absolute Gasteiger partial charge is 0.339 e. The molecule has 2 rings (SSSR count). The highest BCUT2D eigenvalue weighted by atomic mass is 16.2. The smallest absolute Gasteiger partial charge is 0.222 e. The fourth-order valence-corrected chi connectivity index (χ4v) is 3.67. The number of amides is 1. The zero-order valence-electron chi connectivity index (χ0n) is 12.2. The van der Waals surface area contributed by atoms with E-state index in [4.69, 9.17) is 0 Å². The summed E-state index contributed by atoms with van der Waals surface area (Å²) >= 11 is 0. The summed E-state index contributed by atoms with van der Waals surface area (Å²) in [5, 5.41) is 0. The highest BCUT2D eigenvalue weighted by molar-refractivity contribution is 5.76. The maximum absolute atomic E-state index is 12.3. The van der Waals surface area contributed by atoms with E-state index in [0.717, 1.165) is 25.3 Å². The quantitative estimate of drug-likeness (QED) is 0.739. The Bertz CT molecular complexity index is 268. The van der Waals surface area contributed by atoms with E-state index in [9.17, 15) is 4.79 Å². The van der Waals surface area contributed by atoms with Crippen LogP contribution in [0.15, 0.2) is 0 Å². The van der Waals surface area contributed by atoms with E-state index in [2.05, 4.69) is 18.7 Å². The van der Waals surface area contributed by atoms with Gasteiger partial charge in [0, 0.05) is 19.0 Å². The van der Waals surface area contributed by atoms with E-state index < -0.39 is 0 Å². The number of hydrogen-bond donors (Lipinski definition) is 0. The molecule has 1 aliphatic heterocycles. The van der Waals surface area contributed by atoms with Gasteiger partial charge in [0.25, 0.3) is 0 Å². The Morgan fingerprint density at radius 3 is 2.50 bits per heavy atom. The highest BCUT2D eigenvalue weighted by Gasteiger charge is 2.34. The van der Waals surface area contributed by atoms with Crippen molar-refractivity contribution in [3.05, 3.63) is 0 Å². The molecule has 0 aromatic rings. The lowest BCUT2D eigenvalue weighted by Gasteiger charge is -2.34. The number of nitrogens with zero attached hydrogens (tertiary/aromatic N) is 1. The van der Waals surface area contributed by atoms with E-state index in [1.165, 1.54) is 44.9 Å². The lowest BCUT2D eigenvalue weighted by atomic mass is 9.83. The molecule has 1 unspecified atom stereocenters. The van der Waals surface area contributed by atoms with Crippen molar-refractivity contribution < 1.29 is 4.79 Å². The molecule has 1 heterocycles. The second kappa shape index (κ2) is 6.58. The molecule has 2 aliphatic rings. The molecule has 0 bridgehead atoms. The second-order valence-electron chi connectivity index (χ2n) is 6.63. The first-order valence-electron chi connectivity index (χ1n) is 7.98. The third kappa shape index (κ3) is 3.49. The number of likely N-dealkylation sites (tertiary alicyclic amines) is 1. The first-order chi connectivity index (χ1) is 8.68. The van der Waals surface area contributed by atoms with E-state index >= 15 is 0 Å². The van der Waals surface area contributed by atoms with Gasteiger partial charge in [-0.1, -0.05) is 33.1 Å². The Morgan fingerprint density at radius 1 is 1.11 bits per heavy atom. The summed E-state index contributed by atoms with van der Waals surface area (Å²) in [6, 6.07) is 0.588. The Hall–Kier alpha value is -0.530. The van der Waals surface area contributed by atoms with Crippen LogP contribution in [0.4, 0.5) is 0 Å². The zero-order valence-corrected chi connectivity index (χ0v) is 12.2. The number of carbonyl (C=O) groups excluding carboxylic acids is 1. The Balaban J connectivity index is 1.87. The Kier molecular flexibility index (Phi) is 5.08. The summed E-state index contributed by atoms with van der Waals surface area (Å²) in [4.78, 5) is 14.6. The zero-order chi connectivity index (χ0) is 13.0. The molecule has 0 aromatic carbocycles. The van der Waals surface area contributed by atoms with Crippen molar-refractivity contribution in [1.29, 1.82) is 0 Å². The molecule has 0 N–H and O–H groups in total. The second-order valence-corrected chi connectivity index (χ2v) is 6.63. The van der Waals surface area contributed by atoms with Gasteiger partial charge < -0.3 is 4.90 Å². The minimum atomic E-state index is 0.428. The molecular formula is C16H29NO. The molecule has 1 aliphatic carbocycles. The van der Waals surface area contributed by atoms with Gasteiger partial charge >= 0.3 is 0 Å². The van der Waals surface area contributed by atoms with Crippen LogP contribution in [-0.4, -0.2) is 23.4 Å². The number of hydrogen-bond acceptors (Lipinski definition) is 1. The summed E-state index contributed by atoms with van der Waals surface area (Å²) in [6.07, 6.45) is 11.2. The standard InChI is InChI=1S/C16H29NO/c1-13(2)10-11-16(18)17-12-6-9-15(17)14-7-4-3-5-8-14/h13-15H,3-12H2,1-2H3. The summed E-state index contributed by atoms with van der Waals surface area (Å²) in [5.41, 5.74) is 0. The Morgan fingerprint density at radius 2 is 1.83 bits per heavy atom. The molecule has 0 aromatic heterocycles. The van der Waals surface area contributed by atoms with E-state index in [-0.39, 0.29) is 0 Å². The maximum atomic E-state index is 12.3. The van der Waals surface area contributed by atoms with Crippen molar-refractivity contribution in [3.63, 3.8) is 0 Å². The predicted molar refractivity (Wildman–Crippen MR) is 75.4 cm³/mol. The average molecular weight is 251 g/mol. The molecule has 104 valence electrons. The van der Waals surface area contributed by atoms with Gasteiger partial charge in [-0.15, -0.1) is 0 Å². The average Bonchev–Trinajstić information content (AvgIpc) is 2.86. The van der Waals surface area contributed by atoms with Gasteiger partial charge in [-0.2, -0.15) is 0 Å². The van der Waals surface area contributed by atoms with Crippen LogP contribution in [0.5, 0.6) is 0 Å². The molecule has 1 amide bonds. The minimum Gasteiger partial charge on any atom is -0.339 e. The van der Waals surface area contributed by atoms with Crippen LogP contribution in [0.1, 0.15) is 71.6 Å². The van der Waals surface area contributed by atoms with Gasteiger partial charge in [0.15, 0.2) is 0 Å². The topological polar surface area (TPSA) is 20.3 Å². The molecule has 1 saturated heterocycles. The molecule has 18 heavy (non-hydrogen) atoms. The first-order valence-corrected chi connectivity index (χ1v) is 7.98. The molecule has 2 fully saturated rings. The summed E-state index contributed by atoms with van der Waals surface area (Å²) < 4.78 is 0. The van der Waals surface area contributed by atoms with Crippen molar-refractivity contribution in [2.75, 3.05) is 6.54 Å². The van der Waals surface area contributed by atoms with Crippen molar-refractivity contribution in [3.8, 4) is 0 Å². The van der Waals surface area contributed by atoms with Crippen LogP contribution in [0.2, 0.25) is 0 Å². The molecule has 1 saturated carbocycles. The van der Waals surface area contributed by atoms with E-state index in [0.29, 0.717) is 17.9 Å². The highest BCUT2D eigenvalue weighted by Crippen LogP contribution is 2.34. The Labute approximate surface area is 112 Å². The molecule has 2 heteroatoms. The molecule has 0 radical (unpaired) electrons. The fraction of sp³-hybridized carbons (Fsp3) is 0.938. The van der Waals surface area contributed by atoms with Crippen LogP contribution in [0.3, 0.4) is 0 Å². The van der Waals surface area contributed by atoms with Crippen LogP contribution in [0, 0.1) is 11.8 Å². The maximum Gasteiger partial charge on any atom is 0.222 e. The van der Waals surface area contributed by atoms with Crippen LogP contribution >= 0.6 is 0 Å². The van der Waals surface area contributed by atoms with Gasteiger partial charge in [-0.25, -0.2) is 0 Å². The van der Waals surface area contributed by atoms with Crippen molar-refractivity contribution in [2.24, 2.45) is 11.8 Å². The van der Waals surface area contributed by atoms with Gasteiger partial charge in [-0.05, 0) is 43.9 Å². The predicted octanol–water partition coefficient (Wildman–Crippen LogP) is 3.99. The van der Waals surface area contributed by atoms with E-state index in [1.807, 2.05) is 0 Å². The first kappa shape index (κ1) is 13.9. The van der Waals surface area contributed by atoms with Crippen LogP contribution in [-0.2, 0) is 4.79 Å². The van der Waals surface area contributed by atoms with Crippen molar-refractivity contribution in [1.82, 2.24) is 4.90 Å². The van der Waals surface area contributed by atoms with Gasteiger partial charge in [0.1, 0.15) is 0 Å². The lowest BCUT2D eigenvalue weighted by Crippen LogP contribution is -2.40. The summed E-state index contributed by atoms with van der Waals surface area (Å²) in [6.45, 7) is 5.43. The normalized spacial score (nSPS) is 25.9. The summed E-state index contributed by atoms with van der Waals surface area (Å²) in [7, 11) is 0. The molecular weight excluding hydrogens is 222 g/mol. The van der Waals surface area contributed by atoms with Crippen LogP contribution < -0.4 is 0 Å². The van der Waals surface area contributed by atoms with Crippen LogP contribution in [0.25, 0.3) is 0 Å². The lowest BCUT2D eigenvalue weighted by molar-refractivity contribution is -0.133. The third-order valence-corrected chi connectivity index (χ3v) is 4.75. The van der Waals surface area contributed by atoms with Crippen molar-refractivity contribution >= 4 is 5.91 Å². The monoisotopic (exact) mass is 251 g/mol. The van der Waals surface area contributed by atoms with E-state index in [1.54, 1.807) is 0 Å². The molecule has 1 atom stereocenters. The summed E-state index contributed by atoms with van der Waals surface area (Å²) in [5.74, 6) is 1.88. The minimum absolute atomic E-state index is 0.428. The number of rotatable bonds is 4. The van der Waals surface area contributed by atoms with Crippen molar-refractivity contribution in [2.45, 2.75) is 77.7 Å². The van der Waals surface area contributed by atoms with Gasteiger partial charge in [0.05, 0.1) is 0 Å². The third-order valence-electron chi connectivity index (χ3n) is 4.75. The fourth-order valence-electron chi connectivity index (χ4n) is 3.67. The SMILES string of the molecule is CC(C)CCC(=O)N1CCCC1C1CCCCC1. The molecule has 2 nitrogen and oxygen atoms in total. The van der Waals surface area contributed by atoms with Gasteiger partial charge in [-0.3, -0.25) is 4.79 Å². The number of carbonyl (C=O) groups is 1.